The van der Waals surface area contributed by atoms with Crippen LogP contribution in [0.2, 0.25) is 0 Å². The van der Waals surface area contributed by atoms with Crippen molar-refractivity contribution in [1.29, 1.82) is 0 Å². The van der Waals surface area contributed by atoms with Gasteiger partial charge in [0.05, 0.1) is 11.9 Å². The Hall–Kier alpha value is -3.01. The van der Waals surface area contributed by atoms with Crippen molar-refractivity contribution in [2.24, 2.45) is 0 Å². The smallest absolute Gasteiger partial charge is 0.280 e. The quantitative estimate of drug-likeness (QED) is 0.231. The van der Waals surface area contributed by atoms with Gasteiger partial charge in [-0.1, -0.05) is 0 Å². The number of hydrogen-bond donors (Lipinski definition) is 5. The summed E-state index contributed by atoms with van der Waals surface area (Å²) in [7, 11) is 0. The number of fused-ring (bicyclic) bond motifs is 1. The fourth-order valence-corrected chi connectivity index (χ4v) is 3.22. The number of nitrogens with one attached hydrogen (secondary N) is 3. The molecule has 0 spiro atoms. The Bertz CT molecular complexity index is 1240. The number of H-pyrrole nitrogens is 1. The van der Waals surface area contributed by atoms with E-state index in [-0.39, 0.29) is 68.2 Å². The van der Waals surface area contributed by atoms with Gasteiger partial charge in [-0.2, -0.15) is 4.98 Å². The number of carbonyl (C=O) groups excluding carboxylic acids is 2. The minimum Gasteiger partial charge on any atom is -0.291 e. The molecular formula is C19H18N7O5TiZn. The first kappa shape index (κ1) is 26.2. The molecule has 0 aliphatic carbocycles. The molecule has 1 aromatic carbocycles. The Morgan fingerprint density at radius 1 is 1.18 bits per heavy atom. The van der Waals surface area contributed by atoms with Crippen molar-refractivity contribution in [2.45, 2.75) is 25.4 Å². The van der Waals surface area contributed by atoms with Crippen LogP contribution in [0.15, 0.2) is 35.3 Å². The van der Waals surface area contributed by atoms with Crippen molar-refractivity contribution in [2.75, 3.05) is 11.1 Å². The molecule has 0 saturated carbocycles. The van der Waals surface area contributed by atoms with Crippen molar-refractivity contribution < 1.29 is 59.5 Å². The molecular weight excluding hydrogens is 520 g/mol. The minimum atomic E-state index is -1.19. The molecule has 14 heteroatoms. The average Bonchev–Trinajstić information content (AvgIpc) is 2.75. The van der Waals surface area contributed by atoms with Crippen molar-refractivity contribution in [3.05, 3.63) is 52.1 Å². The Morgan fingerprint density at radius 2 is 1.88 bits per heavy atom. The SMILES string of the molecule is Nc1nc2ncc(CNc3ccc(C(=O)N[C@@H](CC[C](=O)[Zn])C(=O)O)cc3)nc2c(=O)[nH]1.[Ti]. The van der Waals surface area contributed by atoms with Crippen LogP contribution in [-0.2, 0) is 56.2 Å². The first-order valence-corrected chi connectivity index (χ1v) is 10.9. The standard InChI is InChI=1S/C19H18N7O5.Ti.Zn/c20-19-25-15-14(17(29)26-19)23-12(9-22-15)8-21-11-5-3-10(4-6-11)16(28)24-13(18(30)31)2-1-7-27;;/h3-6,9,13,21H,1-2,8H2,(H,24,28)(H,30,31)(H3,20,22,25,26,29);;/t13-;;/m0../s1. The Labute approximate surface area is 211 Å². The molecule has 1 amide bonds. The molecule has 2 heterocycles. The molecule has 0 unspecified atom stereocenters. The van der Waals surface area contributed by atoms with Gasteiger partial charge in [-0.05, 0) is 0 Å². The number of amides is 1. The predicted molar refractivity (Wildman–Crippen MR) is 109 cm³/mol. The molecule has 3 rings (SSSR count). The maximum absolute atomic E-state index is 12.3. The number of carboxylic acids is 1. The van der Waals surface area contributed by atoms with Gasteiger partial charge in [0, 0.05) is 21.7 Å². The number of nitrogens with two attached hydrogens (primary N) is 1. The van der Waals surface area contributed by atoms with Crippen LogP contribution in [0.5, 0.6) is 0 Å². The third-order valence-electron chi connectivity index (χ3n) is 4.42. The van der Waals surface area contributed by atoms with E-state index in [4.69, 9.17) is 5.73 Å². The molecule has 0 radical (unpaired) electrons. The van der Waals surface area contributed by atoms with Gasteiger partial charge in [0.25, 0.3) is 5.56 Å². The van der Waals surface area contributed by atoms with Crippen LogP contribution in [0.3, 0.4) is 0 Å². The Kier molecular flexibility index (Phi) is 9.33. The summed E-state index contributed by atoms with van der Waals surface area (Å²) in [6, 6.07) is 5.24. The van der Waals surface area contributed by atoms with Crippen LogP contribution >= 0.6 is 0 Å². The van der Waals surface area contributed by atoms with Gasteiger partial charge in [0.2, 0.25) is 5.95 Å². The number of rotatable bonds is 9. The zero-order valence-electron chi connectivity index (χ0n) is 17.3. The third kappa shape index (κ3) is 7.24. The van der Waals surface area contributed by atoms with Gasteiger partial charge in [0.1, 0.15) is 0 Å². The van der Waals surface area contributed by atoms with Crippen LogP contribution in [0.1, 0.15) is 28.9 Å². The van der Waals surface area contributed by atoms with Gasteiger partial charge in [0.15, 0.2) is 11.2 Å². The summed E-state index contributed by atoms with van der Waals surface area (Å²) in [5.74, 6) is -1.78. The van der Waals surface area contributed by atoms with Crippen LogP contribution in [0.25, 0.3) is 11.2 Å². The monoisotopic (exact) mass is 536 g/mol. The summed E-state index contributed by atoms with van der Waals surface area (Å²) in [6.07, 6.45) is 1.64. The summed E-state index contributed by atoms with van der Waals surface area (Å²) in [5, 5.41) is 14.8. The fourth-order valence-electron chi connectivity index (χ4n) is 2.79. The zero-order chi connectivity index (χ0) is 23.3. The van der Waals surface area contributed by atoms with Crippen LogP contribution in [-0.4, -0.2) is 47.3 Å². The molecule has 3 aromatic rings. The first-order valence-electron chi connectivity index (χ1n) is 9.46. The summed E-state index contributed by atoms with van der Waals surface area (Å²) < 4.78 is -0.0259. The topological polar surface area (TPSA) is 193 Å². The second-order valence-corrected chi connectivity index (χ2v) is 8.51. The number of nitrogens with zero attached hydrogens (tertiary/aromatic N) is 3. The van der Waals surface area contributed by atoms with Crippen molar-refractivity contribution in [1.82, 2.24) is 25.3 Å². The molecule has 0 fully saturated rings. The Balaban J connectivity index is 0.00000385. The van der Waals surface area contributed by atoms with E-state index in [1.807, 2.05) is 0 Å². The largest absolute Gasteiger partial charge is 0.291 e. The van der Waals surface area contributed by atoms with E-state index in [0.717, 1.165) is 0 Å². The molecule has 0 saturated heterocycles. The summed E-state index contributed by atoms with van der Waals surface area (Å²) in [6.45, 7) is 0.257. The second-order valence-electron chi connectivity index (χ2n) is 6.86. The van der Waals surface area contributed by atoms with Crippen molar-refractivity contribution in [3.8, 4) is 0 Å². The number of aliphatic carboxylic acids is 1. The molecule has 33 heavy (non-hydrogen) atoms. The molecule has 0 aliphatic rings. The van der Waals surface area contributed by atoms with Crippen molar-refractivity contribution in [3.63, 3.8) is 0 Å². The average molecular weight is 538 g/mol. The number of hydrogen-bond acceptors (Lipinski definition) is 9. The van der Waals surface area contributed by atoms with E-state index in [0.29, 0.717) is 29.7 Å². The molecule has 12 nitrogen and oxygen atoms in total. The third-order valence-corrected chi connectivity index (χ3v) is 5.16. The number of aromatic nitrogens is 4. The number of anilines is 2. The number of nitrogen functional groups attached to an aromatic ring is 1. The van der Waals surface area contributed by atoms with E-state index in [9.17, 15) is 24.3 Å². The van der Waals surface area contributed by atoms with E-state index in [1.54, 1.807) is 12.1 Å². The van der Waals surface area contributed by atoms with Gasteiger partial charge >= 0.3 is 126 Å². The summed E-state index contributed by atoms with van der Waals surface area (Å²) in [4.78, 5) is 61.3. The molecule has 6 N–H and O–H groups in total. The molecule has 165 valence electrons. The Morgan fingerprint density at radius 3 is 2.52 bits per heavy atom. The molecule has 1 atom stereocenters. The van der Waals surface area contributed by atoms with E-state index in [1.165, 1.54) is 18.3 Å². The van der Waals surface area contributed by atoms with Crippen LogP contribution in [0.4, 0.5) is 11.6 Å². The predicted octanol–water partition coefficient (Wildman–Crippen LogP) is -0.0585. The van der Waals surface area contributed by atoms with E-state index < -0.39 is 23.5 Å². The van der Waals surface area contributed by atoms with Crippen molar-refractivity contribution >= 4 is 39.1 Å². The first-order chi connectivity index (χ1) is 15.2. The molecule has 2 aromatic heterocycles. The maximum Gasteiger partial charge on any atom is 0.280 e. The van der Waals surface area contributed by atoms with E-state index in [2.05, 4.69) is 30.6 Å². The van der Waals surface area contributed by atoms with Crippen LogP contribution < -0.4 is 21.9 Å². The van der Waals surface area contributed by atoms with Crippen LogP contribution in [0, 0.1) is 0 Å². The van der Waals surface area contributed by atoms with Gasteiger partial charge < -0.3 is 5.73 Å². The zero-order valence-corrected chi connectivity index (χ0v) is 21.8. The van der Waals surface area contributed by atoms with Gasteiger partial charge in [-0.3, -0.25) is 9.78 Å². The normalized spacial score (nSPS) is 11.3. The number of carbonyl (C=O) groups is 3. The van der Waals surface area contributed by atoms with E-state index >= 15 is 0 Å². The van der Waals surface area contributed by atoms with Gasteiger partial charge in [-0.15, -0.1) is 0 Å². The second kappa shape index (κ2) is 11.7. The fraction of sp³-hybridized carbons (Fsp3) is 0.211. The summed E-state index contributed by atoms with van der Waals surface area (Å²) in [5.41, 5.74) is 6.66. The number of carboxylic acid groups (broad SMARTS) is 1. The minimum absolute atomic E-state index is 0. The molecule has 0 bridgehead atoms. The number of aromatic amines is 1. The maximum atomic E-state index is 12.3. The molecule has 0 aliphatic heterocycles. The van der Waals surface area contributed by atoms with Gasteiger partial charge in [-0.25, -0.2) is 9.97 Å². The number of benzene rings is 1. The summed E-state index contributed by atoms with van der Waals surface area (Å²) >= 11 is 0.446.